The molecule has 0 N–H and O–H groups in total. The fourth-order valence-electron chi connectivity index (χ4n) is 4.11. The van der Waals surface area contributed by atoms with Crippen LogP contribution in [0.3, 0.4) is 0 Å². The molecule has 1 aliphatic rings. The molecule has 1 amide bonds. The molecule has 0 unspecified atom stereocenters. The number of rotatable bonds is 4. The van der Waals surface area contributed by atoms with E-state index in [1.54, 1.807) is 12.1 Å². The van der Waals surface area contributed by atoms with Gasteiger partial charge in [0.25, 0.3) is 0 Å². The molecule has 1 atom stereocenters. The second kappa shape index (κ2) is 8.09. The number of hydrogen-bond donors (Lipinski definition) is 0. The van der Waals surface area contributed by atoms with Gasteiger partial charge in [-0.2, -0.15) is 13.2 Å². The van der Waals surface area contributed by atoms with Crippen LogP contribution in [0.5, 0.6) is 0 Å². The molecule has 2 heterocycles. The molecule has 0 aliphatic carbocycles. The van der Waals surface area contributed by atoms with Crippen molar-refractivity contribution in [2.24, 2.45) is 5.92 Å². The number of nitrogens with zero attached hydrogens (tertiary/aromatic N) is 3. The largest absolute Gasteiger partial charge is 0.416 e. The van der Waals surface area contributed by atoms with E-state index in [1.807, 2.05) is 12.1 Å². The molecule has 1 saturated heterocycles. The smallest absolute Gasteiger partial charge is 0.296 e. The number of hydrogen-bond acceptors (Lipinski definition) is 5. The summed E-state index contributed by atoms with van der Waals surface area (Å²) in [5, 5.41) is 0. The number of piperidine rings is 1. The number of anilines is 1. The van der Waals surface area contributed by atoms with Gasteiger partial charge >= 0.3 is 6.18 Å². The summed E-state index contributed by atoms with van der Waals surface area (Å²) < 4.78 is 64.5. The summed E-state index contributed by atoms with van der Waals surface area (Å²) in [6, 6.07) is 11.0. The molecule has 2 aromatic carbocycles. The maximum atomic E-state index is 13.3. The van der Waals surface area contributed by atoms with Crippen LogP contribution in [0.4, 0.5) is 19.0 Å². The van der Waals surface area contributed by atoms with Gasteiger partial charge in [0.05, 0.1) is 32.4 Å². The third-order valence-corrected chi connectivity index (χ3v) is 8.88. The maximum absolute atomic E-state index is 13.3. The lowest BCUT2D eigenvalue weighted by atomic mass is 9.85. The van der Waals surface area contributed by atoms with Crippen LogP contribution in [0, 0.1) is 5.92 Å². The van der Waals surface area contributed by atoms with Gasteiger partial charge in [0.1, 0.15) is 0 Å². The van der Waals surface area contributed by atoms with Crippen LogP contribution in [0.1, 0.15) is 32.3 Å². The van der Waals surface area contributed by atoms with Crippen LogP contribution in [-0.2, 0) is 20.8 Å². The van der Waals surface area contributed by atoms with E-state index in [0.29, 0.717) is 29.3 Å². The second-order valence-electron chi connectivity index (χ2n) is 8.58. The predicted molar refractivity (Wildman–Crippen MR) is 117 cm³/mol. The number of aromatic nitrogens is 2. The van der Waals surface area contributed by atoms with Gasteiger partial charge in [-0.05, 0) is 56.5 Å². The fraction of sp³-hybridized carbons (Fsp3) is 0.348. The van der Waals surface area contributed by atoms with Crippen molar-refractivity contribution in [3.63, 3.8) is 0 Å². The Morgan fingerprint density at radius 1 is 1.03 bits per heavy atom. The number of amides is 1. The number of carbonyl (C=O) groups is 1. The van der Waals surface area contributed by atoms with Crippen molar-refractivity contribution in [3.05, 3.63) is 60.3 Å². The van der Waals surface area contributed by atoms with Crippen molar-refractivity contribution < 1.29 is 26.4 Å². The third-order valence-electron chi connectivity index (χ3n) is 6.28. The van der Waals surface area contributed by atoms with Crippen molar-refractivity contribution in [2.75, 3.05) is 11.4 Å². The summed E-state index contributed by atoms with van der Waals surface area (Å²) >= 11 is 0. The van der Waals surface area contributed by atoms with Crippen molar-refractivity contribution in [1.29, 1.82) is 0 Å². The van der Waals surface area contributed by atoms with Crippen molar-refractivity contribution in [3.8, 4) is 0 Å². The minimum atomic E-state index is -4.65. The van der Waals surface area contributed by atoms with E-state index in [9.17, 15) is 26.4 Å². The van der Waals surface area contributed by atoms with Gasteiger partial charge in [-0.3, -0.25) is 14.7 Å². The molecule has 6 nitrogen and oxygen atoms in total. The lowest BCUT2D eigenvalue weighted by Gasteiger charge is -2.39. The SMILES string of the molecule is CC(C)([C@@H]1CCN(c2cnc3ccccc3n2)C(=O)C1)S(=O)(=O)c1cccc(C(F)(F)F)c1. The zero-order valence-electron chi connectivity index (χ0n) is 18.0. The second-order valence-corrected chi connectivity index (χ2v) is 11.1. The summed E-state index contributed by atoms with van der Waals surface area (Å²) in [5.41, 5.74) is 0.300. The Balaban J connectivity index is 1.58. The molecule has 10 heteroatoms. The molecule has 0 saturated carbocycles. The highest BCUT2D eigenvalue weighted by molar-refractivity contribution is 7.92. The topological polar surface area (TPSA) is 80.2 Å². The number of sulfone groups is 1. The highest BCUT2D eigenvalue weighted by atomic mass is 32.2. The summed E-state index contributed by atoms with van der Waals surface area (Å²) in [4.78, 5) is 22.8. The lowest BCUT2D eigenvalue weighted by molar-refractivity contribution is -0.137. The van der Waals surface area contributed by atoms with Crippen LogP contribution in [-0.4, -0.2) is 35.6 Å². The number of fused-ring (bicyclic) bond motifs is 1. The van der Waals surface area contributed by atoms with E-state index in [2.05, 4.69) is 9.97 Å². The minimum absolute atomic E-state index is 0.0697. The van der Waals surface area contributed by atoms with Crippen LogP contribution < -0.4 is 4.90 Å². The van der Waals surface area contributed by atoms with Crippen LogP contribution in [0.2, 0.25) is 0 Å². The Morgan fingerprint density at radius 3 is 2.39 bits per heavy atom. The molecular formula is C23H22F3N3O3S. The first-order valence-electron chi connectivity index (χ1n) is 10.4. The van der Waals surface area contributed by atoms with E-state index >= 15 is 0 Å². The normalized spacial score (nSPS) is 18.0. The molecule has 1 fully saturated rings. The number of carbonyl (C=O) groups excluding carboxylic acids is 1. The van der Waals surface area contributed by atoms with Gasteiger partial charge in [0, 0.05) is 13.0 Å². The fourth-order valence-corrected chi connectivity index (χ4v) is 5.90. The molecule has 0 bridgehead atoms. The minimum Gasteiger partial charge on any atom is -0.296 e. The molecule has 33 heavy (non-hydrogen) atoms. The summed E-state index contributed by atoms with van der Waals surface area (Å²) in [6.07, 6.45) is -2.87. The van der Waals surface area contributed by atoms with E-state index in [1.165, 1.54) is 24.9 Å². The summed E-state index contributed by atoms with van der Waals surface area (Å²) in [6.45, 7) is 3.16. The highest BCUT2D eigenvalue weighted by Gasteiger charge is 2.46. The standard InChI is InChI=1S/C23H22F3N3O3S/c1-22(2,33(31,32)17-7-5-6-16(12-17)23(24,25)26)15-10-11-29(21(30)13-15)20-14-27-18-8-3-4-9-19(18)28-20/h3-9,12,14-15H,10-11,13H2,1-2H3/t15-/m1/s1. The number of benzene rings is 2. The van der Waals surface area contributed by atoms with E-state index in [-0.39, 0.29) is 18.9 Å². The van der Waals surface area contributed by atoms with E-state index < -0.39 is 37.1 Å². The molecular weight excluding hydrogens is 455 g/mol. The zero-order chi connectivity index (χ0) is 24.0. The van der Waals surface area contributed by atoms with E-state index in [4.69, 9.17) is 0 Å². The molecule has 3 aromatic rings. The van der Waals surface area contributed by atoms with Gasteiger partial charge in [-0.25, -0.2) is 13.4 Å². The Bertz CT molecular complexity index is 1320. The molecule has 1 aromatic heterocycles. The van der Waals surface area contributed by atoms with Crippen molar-refractivity contribution >= 4 is 32.6 Å². The quantitative estimate of drug-likeness (QED) is 0.547. The first-order valence-corrected chi connectivity index (χ1v) is 11.8. The van der Waals surface area contributed by atoms with E-state index in [0.717, 1.165) is 18.2 Å². The highest BCUT2D eigenvalue weighted by Crippen LogP contribution is 2.40. The molecule has 1 aliphatic heterocycles. The number of para-hydroxylation sites is 2. The van der Waals surface area contributed by atoms with Gasteiger partial charge in [-0.1, -0.05) is 18.2 Å². The summed E-state index contributed by atoms with van der Waals surface area (Å²) in [7, 11) is -4.15. The van der Waals surface area contributed by atoms with Crippen molar-refractivity contribution in [2.45, 2.75) is 42.5 Å². The Morgan fingerprint density at radius 2 is 1.73 bits per heavy atom. The van der Waals surface area contributed by atoms with Gasteiger partial charge < -0.3 is 0 Å². The van der Waals surface area contributed by atoms with Gasteiger partial charge in [0.15, 0.2) is 15.7 Å². The average Bonchev–Trinajstić information content (AvgIpc) is 2.78. The van der Waals surface area contributed by atoms with Crippen LogP contribution in [0.25, 0.3) is 11.0 Å². The maximum Gasteiger partial charge on any atom is 0.416 e. The predicted octanol–water partition coefficient (Wildman–Crippen LogP) is 4.64. The first kappa shape index (κ1) is 23.2. The first-order chi connectivity index (χ1) is 15.4. The lowest BCUT2D eigenvalue weighted by Crippen LogP contribution is -2.49. The zero-order valence-corrected chi connectivity index (χ0v) is 18.8. The van der Waals surface area contributed by atoms with Gasteiger partial charge in [-0.15, -0.1) is 0 Å². The third kappa shape index (κ3) is 4.19. The van der Waals surface area contributed by atoms with Crippen LogP contribution in [0.15, 0.2) is 59.6 Å². The van der Waals surface area contributed by atoms with Crippen LogP contribution >= 0.6 is 0 Å². The Labute approximate surface area is 189 Å². The monoisotopic (exact) mass is 477 g/mol. The number of halogens is 3. The molecule has 4 rings (SSSR count). The molecule has 174 valence electrons. The molecule has 0 radical (unpaired) electrons. The molecule has 0 spiro atoms. The van der Waals surface area contributed by atoms with Crippen molar-refractivity contribution in [1.82, 2.24) is 9.97 Å². The Hall–Kier alpha value is -3.01. The average molecular weight is 478 g/mol. The van der Waals surface area contributed by atoms with Gasteiger partial charge in [0.2, 0.25) is 5.91 Å². The Kier molecular flexibility index (Phi) is 5.68. The summed E-state index contributed by atoms with van der Waals surface area (Å²) in [5.74, 6) is -0.493. The number of alkyl halides is 3.